The van der Waals surface area contributed by atoms with Gasteiger partial charge in [0.25, 0.3) is 17.7 Å². The van der Waals surface area contributed by atoms with E-state index in [-0.39, 0.29) is 134 Å². The van der Waals surface area contributed by atoms with Crippen LogP contribution < -0.4 is 52.0 Å². The Balaban J connectivity index is 0.0000130. The minimum absolute atomic E-state index is 0. The van der Waals surface area contributed by atoms with Crippen molar-refractivity contribution in [3.63, 3.8) is 0 Å². The molecule has 96 heavy (non-hydrogen) atoms. The number of hydrogen-bond donors (Lipinski definition) is 10. The summed E-state index contributed by atoms with van der Waals surface area (Å²) in [6.07, 6.45) is 5.69. The summed E-state index contributed by atoms with van der Waals surface area (Å²) in [4.78, 5) is 72.0. The molecular weight excluding hydrogens is 1330 g/mol. The maximum atomic E-state index is 15.4. The molecular formula is C64H83Cl2F2N15O11S2. The zero-order chi connectivity index (χ0) is 68.7. The molecule has 4 amide bonds. The number of aryl methyl sites for hydroxylation is 2. The van der Waals surface area contributed by atoms with Gasteiger partial charge in [-0.15, -0.1) is 12.4 Å². The highest BCUT2D eigenvalue weighted by Gasteiger charge is 2.32. The molecule has 0 saturated carbocycles. The molecule has 6 aromatic rings. The second-order valence-electron chi connectivity index (χ2n) is 24.7. The zero-order valence-electron chi connectivity index (χ0n) is 54.6. The van der Waals surface area contributed by atoms with E-state index in [1.165, 1.54) is 48.7 Å². The van der Waals surface area contributed by atoms with Crippen LogP contribution in [0.3, 0.4) is 0 Å². The van der Waals surface area contributed by atoms with Gasteiger partial charge < -0.3 is 61.6 Å². The summed E-state index contributed by atoms with van der Waals surface area (Å²) in [5, 5.41) is 24.2. The lowest BCUT2D eigenvalue weighted by atomic mass is 10.0. The fourth-order valence-electron chi connectivity index (χ4n) is 9.48. The lowest BCUT2D eigenvalue weighted by Crippen LogP contribution is -2.46. The number of nitrogens with zero attached hydrogens (tertiary/aromatic N) is 5. The molecule has 0 bridgehead atoms. The fourth-order valence-corrected chi connectivity index (χ4v) is 11.2. The maximum absolute atomic E-state index is 15.4. The molecule has 0 atom stereocenters. The number of likely N-dealkylation sites (tertiary alicyclic amines) is 1. The van der Waals surface area contributed by atoms with Crippen LogP contribution in [0.15, 0.2) is 85.2 Å². The molecule has 0 spiro atoms. The third-order valence-corrected chi connectivity index (χ3v) is 19.8. The quantitative estimate of drug-likeness (QED) is 0.0195. The first kappa shape index (κ1) is 75.3. The molecule has 10 N–H and O–H groups in total. The lowest BCUT2D eigenvalue weighted by molar-refractivity contribution is -0.133. The van der Waals surface area contributed by atoms with E-state index < -0.39 is 58.9 Å². The molecule has 26 nitrogen and oxygen atoms in total. The van der Waals surface area contributed by atoms with E-state index >= 15 is 8.78 Å². The standard InChI is InChI=1S/C64H82ClF2N15O11S2.ClH/c1-39-37-70-61(78-56(39)72-46-11-14-51(65)54(36-46)81-95(89,90)64(6,7)8)76-44-10-13-50(53(67)35-44)60(86)75-43-17-23-82(24-18-43)55(83)19-25-91-27-29-93-30-28-92-26-22-69-58(84)41-31-47(33-48(32-41)80-94(87,88)63(3,4)5)73-57-40(2)38-71-62(79-57)77-45-9-12-49(52(66)34-45)59(85)74-42-15-20-68-21-16-42;/h9-14,31-38,42-43,68,80-81H,15-30H2,1-8H3,(H,69,84)(H,74,85)(H,75,86)(H2,70,72,76,78)(H2,71,73,77,79);1H. The summed E-state index contributed by atoms with van der Waals surface area (Å²) >= 11 is 6.32. The second kappa shape index (κ2) is 33.7. The van der Waals surface area contributed by atoms with Crippen LogP contribution in [0.25, 0.3) is 0 Å². The number of carbonyl (C=O) groups excluding carboxylic acids is 4. The van der Waals surface area contributed by atoms with E-state index in [4.69, 9.17) is 25.8 Å². The van der Waals surface area contributed by atoms with Crippen LogP contribution in [0.5, 0.6) is 0 Å². The van der Waals surface area contributed by atoms with E-state index in [0.29, 0.717) is 65.8 Å². The third kappa shape index (κ3) is 21.4. The van der Waals surface area contributed by atoms with Crippen molar-refractivity contribution in [2.45, 2.75) is 109 Å². The van der Waals surface area contributed by atoms with Gasteiger partial charge in [0, 0.05) is 83.6 Å². The number of amides is 4. The fraction of sp³-hybridized carbons (Fsp3) is 0.438. The Kier molecular flexibility index (Phi) is 26.4. The Bertz CT molecular complexity index is 3970. The maximum Gasteiger partial charge on any atom is 0.254 e. The number of rotatable bonds is 29. The number of aromatic nitrogens is 4. The molecule has 520 valence electrons. The number of halogens is 4. The first-order valence-electron chi connectivity index (χ1n) is 31.0. The van der Waals surface area contributed by atoms with E-state index in [2.05, 4.69) is 71.9 Å². The smallest absolute Gasteiger partial charge is 0.254 e. The van der Waals surface area contributed by atoms with Crippen LogP contribution in [-0.4, -0.2) is 159 Å². The molecule has 2 aromatic heterocycles. The van der Waals surface area contributed by atoms with Gasteiger partial charge in [0.15, 0.2) is 0 Å². The first-order chi connectivity index (χ1) is 45.0. The van der Waals surface area contributed by atoms with Crippen LogP contribution >= 0.6 is 24.0 Å². The van der Waals surface area contributed by atoms with Crippen molar-refractivity contribution < 1.29 is 59.0 Å². The van der Waals surface area contributed by atoms with Crippen LogP contribution in [0, 0.1) is 25.5 Å². The number of nitrogens with one attached hydrogen (secondary N) is 10. The summed E-state index contributed by atoms with van der Waals surface area (Å²) in [7, 11) is -7.67. The Hall–Kier alpha value is -8.10. The summed E-state index contributed by atoms with van der Waals surface area (Å²) in [5.41, 5.74) is 2.82. The number of carbonyl (C=O) groups is 4. The summed E-state index contributed by atoms with van der Waals surface area (Å²) < 4.78 is 103. The number of ether oxygens (including phenoxy) is 3. The van der Waals surface area contributed by atoms with Crippen molar-refractivity contribution in [2.75, 3.05) is 103 Å². The molecule has 0 unspecified atom stereocenters. The van der Waals surface area contributed by atoms with Gasteiger partial charge in [-0.1, -0.05) is 11.6 Å². The van der Waals surface area contributed by atoms with Gasteiger partial charge in [-0.05, 0) is 167 Å². The molecule has 32 heteroatoms. The largest absolute Gasteiger partial charge is 0.379 e. The Morgan fingerprint density at radius 1 is 0.583 bits per heavy atom. The highest BCUT2D eigenvalue weighted by molar-refractivity contribution is 7.94. The number of benzene rings is 4. The second-order valence-corrected chi connectivity index (χ2v) is 30.0. The van der Waals surface area contributed by atoms with E-state index in [1.54, 1.807) is 90.8 Å². The van der Waals surface area contributed by atoms with Crippen LogP contribution in [0.1, 0.15) is 116 Å². The number of piperidine rings is 2. The molecule has 2 saturated heterocycles. The van der Waals surface area contributed by atoms with Gasteiger partial charge in [-0.2, -0.15) is 9.97 Å². The van der Waals surface area contributed by atoms with Crippen molar-refractivity contribution in [3.05, 3.63) is 130 Å². The Morgan fingerprint density at radius 2 is 1.05 bits per heavy atom. The average molecular weight is 1410 g/mol. The average Bonchev–Trinajstić information content (AvgIpc) is 0.823. The minimum atomic E-state index is -3.91. The van der Waals surface area contributed by atoms with Gasteiger partial charge >= 0.3 is 0 Å². The molecule has 2 aliphatic heterocycles. The van der Waals surface area contributed by atoms with Crippen LogP contribution in [-0.2, 0) is 39.1 Å². The van der Waals surface area contributed by atoms with Crippen LogP contribution in [0.2, 0.25) is 5.02 Å². The van der Waals surface area contributed by atoms with Crippen molar-refractivity contribution in [3.8, 4) is 0 Å². The van der Waals surface area contributed by atoms with Gasteiger partial charge in [0.1, 0.15) is 23.3 Å². The molecule has 0 aliphatic carbocycles. The summed E-state index contributed by atoms with van der Waals surface area (Å²) in [6, 6.07) is 17.1. The zero-order valence-corrected chi connectivity index (χ0v) is 57.8. The molecule has 4 aromatic carbocycles. The number of hydrogen-bond acceptors (Lipinski definition) is 20. The highest BCUT2D eigenvalue weighted by Crippen LogP contribution is 2.33. The molecule has 0 radical (unpaired) electrons. The minimum Gasteiger partial charge on any atom is -0.379 e. The van der Waals surface area contributed by atoms with Crippen molar-refractivity contribution in [1.82, 2.24) is 46.1 Å². The topological polar surface area (TPSA) is 339 Å². The Morgan fingerprint density at radius 3 is 1.58 bits per heavy atom. The monoisotopic (exact) mass is 1410 g/mol. The van der Waals surface area contributed by atoms with Crippen molar-refractivity contribution in [2.24, 2.45) is 0 Å². The molecule has 8 rings (SSSR count). The van der Waals surface area contributed by atoms with E-state index in [9.17, 15) is 36.0 Å². The predicted molar refractivity (Wildman–Crippen MR) is 369 cm³/mol. The van der Waals surface area contributed by atoms with Crippen LogP contribution in [0.4, 0.5) is 66.4 Å². The molecule has 2 aliphatic rings. The molecule has 2 fully saturated rings. The highest BCUT2D eigenvalue weighted by atomic mass is 35.5. The van der Waals surface area contributed by atoms with Gasteiger partial charge in [0.05, 0.1) is 83.1 Å². The van der Waals surface area contributed by atoms with Gasteiger partial charge in [-0.25, -0.2) is 35.6 Å². The van der Waals surface area contributed by atoms with Gasteiger partial charge in [0.2, 0.25) is 37.9 Å². The first-order valence-corrected chi connectivity index (χ1v) is 34.3. The predicted octanol–water partition coefficient (Wildman–Crippen LogP) is 9.36. The van der Waals surface area contributed by atoms with Gasteiger partial charge in [-0.3, -0.25) is 28.6 Å². The normalized spacial score (nSPS) is 14.0. The van der Waals surface area contributed by atoms with E-state index in [0.717, 1.165) is 32.0 Å². The summed E-state index contributed by atoms with van der Waals surface area (Å²) in [5.74, 6) is -2.28. The Labute approximate surface area is 569 Å². The number of sulfonamides is 2. The SMILES string of the molecule is Cc1cnc(Nc2ccc(C(=O)NC3CCNCC3)c(F)c2)nc1Nc1cc(NS(=O)(=O)C(C)(C)C)cc(C(=O)NCCOCCOCCOCCC(=O)N2CCC(NC(=O)c3ccc(Nc4ncc(C)c(Nc5ccc(Cl)c(NS(=O)(=O)C(C)(C)C)c5)n4)cc3F)CC2)c1.Cl. The summed E-state index contributed by atoms with van der Waals surface area (Å²) in [6.45, 7) is 16.6. The molecule has 4 heterocycles. The van der Waals surface area contributed by atoms with Crippen molar-refractivity contribution in [1.29, 1.82) is 0 Å². The lowest BCUT2D eigenvalue weighted by Gasteiger charge is -2.32. The van der Waals surface area contributed by atoms with E-state index in [1.807, 2.05) is 0 Å². The third-order valence-electron chi connectivity index (χ3n) is 15.3. The number of anilines is 10. The van der Waals surface area contributed by atoms with Crippen molar-refractivity contribution >= 4 is 125 Å².